The van der Waals surface area contributed by atoms with Gasteiger partial charge in [0.1, 0.15) is 0 Å². The third-order valence-corrected chi connectivity index (χ3v) is 3.73. The molecule has 220 valence electrons. The van der Waals surface area contributed by atoms with Gasteiger partial charge in [-0.15, -0.1) is 0 Å². The second-order valence-electron chi connectivity index (χ2n) is 5.42. The van der Waals surface area contributed by atoms with Gasteiger partial charge in [0, 0.05) is 0 Å². The fraction of sp³-hybridized carbons (Fsp3) is 0.421. The number of hydrogen-bond acceptors (Lipinski definition) is 0. The van der Waals surface area contributed by atoms with Gasteiger partial charge < -0.3 is 0 Å². The molecule has 0 rings (SSSR count). The lowest BCUT2D eigenvalue weighted by Crippen LogP contribution is -2.02. The summed E-state index contributed by atoms with van der Waals surface area (Å²) in [6.07, 6.45) is 21.0. The van der Waals surface area contributed by atoms with Crippen LogP contribution in [-0.4, -0.2) is 0 Å². The Bertz CT molecular complexity index is 649. The third-order valence-electron chi connectivity index (χ3n) is 3.73. The van der Waals surface area contributed by atoms with Gasteiger partial charge in [0.2, 0.25) is 0 Å². The summed E-state index contributed by atoms with van der Waals surface area (Å²) in [6.45, 7) is 51.9. The van der Waals surface area contributed by atoms with E-state index < -0.39 is 0 Å². The van der Waals surface area contributed by atoms with E-state index in [4.69, 9.17) is 0 Å². The van der Waals surface area contributed by atoms with Gasteiger partial charge >= 0.3 is 0 Å². The summed E-state index contributed by atoms with van der Waals surface area (Å²) >= 11 is 0. The lowest BCUT2D eigenvalue weighted by atomic mass is 9.83. The summed E-state index contributed by atoms with van der Waals surface area (Å²) in [6, 6.07) is 0. The molecule has 38 heavy (non-hydrogen) atoms. The first-order chi connectivity index (χ1) is 18.6. The van der Waals surface area contributed by atoms with E-state index in [-0.39, 0.29) is 0 Å². The van der Waals surface area contributed by atoms with E-state index in [2.05, 4.69) is 65.5 Å². The molecule has 0 unspecified atom stereocenters. The summed E-state index contributed by atoms with van der Waals surface area (Å²) in [5.74, 6) is 0. The molecular weight excluding hydrogens is 456 g/mol. The van der Waals surface area contributed by atoms with Crippen molar-refractivity contribution in [2.24, 2.45) is 0 Å². The molecule has 0 bridgehead atoms. The van der Waals surface area contributed by atoms with Crippen LogP contribution in [0.15, 0.2) is 134 Å². The molecule has 0 aliphatic carbocycles. The molecule has 0 amide bonds. The van der Waals surface area contributed by atoms with Crippen molar-refractivity contribution in [3.8, 4) is 0 Å². The molecule has 0 aromatic heterocycles. The highest BCUT2D eigenvalue weighted by Gasteiger charge is 2.17. The Morgan fingerprint density at radius 1 is 0.395 bits per heavy atom. The summed E-state index contributed by atoms with van der Waals surface area (Å²) in [5, 5.41) is 0. The SMILES string of the molecule is C=C/C=C(\C=C)C(=C(/C(C=C)=C/CC)/C(C=C)=C/CC)/C(C=C)=C/C=C.CC.CC.CC.CC.CC.CC. The molecule has 0 aromatic carbocycles. The first-order valence-corrected chi connectivity index (χ1v) is 14.9. The molecule has 0 saturated heterocycles. The van der Waals surface area contributed by atoms with E-state index in [0.29, 0.717) is 0 Å². The zero-order chi connectivity index (χ0) is 31.9. The first-order valence-electron chi connectivity index (χ1n) is 14.9. The Labute approximate surface area is 243 Å². The number of rotatable bonds is 12. The molecule has 0 atom stereocenters. The summed E-state index contributed by atoms with van der Waals surface area (Å²) < 4.78 is 0. The van der Waals surface area contributed by atoms with Gasteiger partial charge in [-0.3, -0.25) is 0 Å². The summed E-state index contributed by atoms with van der Waals surface area (Å²) in [7, 11) is 0. The van der Waals surface area contributed by atoms with Gasteiger partial charge in [-0.05, 0) is 46.3 Å². The Balaban J connectivity index is -0.000000139. The minimum absolute atomic E-state index is 0.901. The molecule has 0 spiro atoms. The van der Waals surface area contributed by atoms with Crippen molar-refractivity contribution in [2.75, 3.05) is 0 Å². The maximum Gasteiger partial charge on any atom is -0.00275 e. The van der Waals surface area contributed by atoms with E-state index in [1.807, 2.05) is 120 Å². The van der Waals surface area contributed by atoms with Gasteiger partial charge in [-0.1, -0.05) is 197 Å². The van der Waals surface area contributed by atoms with Gasteiger partial charge in [-0.2, -0.15) is 0 Å². The van der Waals surface area contributed by atoms with Crippen LogP contribution in [0.2, 0.25) is 0 Å². The van der Waals surface area contributed by atoms with Crippen molar-refractivity contribution < 1.29 is 0 Å². The topological polar surface area (TPSA) is 0 Å². The van der Waals surface area contributed by atoms with Crippen LogP contribution in [-0.2, 0) is 0 Å². The molecule has 0 heteroatoms. The van der Waals surface area contributed by atoms with Crippen molar-refractivity contribution >= 4 is 0 Å². The second-order valence-corrected chi connectivity index (χ2v) is 5.42. The molecule has 0 aromatic rings. The first kappa shape index (κ1) is 51.7. The Morgan fingerprint density at radius 2 is 0.605 bits per heavy atom. The highest BCUT2D eigenvalue weighted by molar-refractivity contribution is 5.70. The van der Waals surface area contributed by atoms with Crippen LogP contribution in [0.1, 0.15) is 110 Å². The lowest BCUT2D eigenvalue weighted by Gasteiger charge is -2.20. The van der Waals surface area contributed by atoms with Crippen LogP contribution >= 0.6 is 0 Å². The molecule has 0 heterocycles. The molecule has 0 aliphatic heterocycles. The zero-order valence-corrected chi connectivity index (χ0v) is 28.4. The van der Waals surface area contributed by atoms with Gasteiger partial charge in [-0.25, -0.2) is 0 Å². The predicted molar refractivity (Wildman–Crippen MR) is 189 cm³/mol. The van der Waals surface area contributed by atoms with E-state index >= 15 is 0 Å². The monoisotopic (exact) mass is 525 g/mol. The fourth-order valence-corrected chi connectivity index (χ4v) is 2.69. The normalized spacial score (nSPS) is 9.74. The van der Waals surface area contributed by atoms with Gasteiger partial charge in [0.15, 0.2) is 0 Å². The molecule has 0 radical (unpaired) electrons. The molecule has 0 aliphatic rings. The molecule has 0 nitrogen and oxygen atoms in total. The van der Waals surface area contributed by atoms with E-state index in [9.17, 15) is 0 Å². The fourth-order valence-electron chi connectivity index (χ4n) is 2.69. The Morgan fingerprint density at radius 3 is 0.763 bits per heavy atom. The maximum absolute atomic E-state index is 4.03. The smallest absolute Gasteiger partial charge is 0.00275 e. The van der Waals surface area contributed by atoms with Crippen LogP contribution in [0, 0.1) is 0 Å². The number of allylic oxidation sites excluding steroid dienone is 16. The zero-order valence-electron chi connectivity index (χ0n) is 28.4. The average molecular weight is 525 g/mol. The standard InChI is InChI=1S/C26H32.6C2H6/c1-9-17-21(13-5)25(22(14-6)18-10-2)26(23(15-7)19-11-3)24(16-8)20-12-4;6*1-2/h9-10,13-20H,1-2,5-8,11-12H2,3-4H3;6*1-2H3/b21-17+,22-18+,23-19+,24-20+;;;;;;. The third kappa shape index (κ3) is 24.8. The minimum atomic E-state index is 0.901. The lowest BCUT2D eigenvalue weighted by molar-refractivity contribution is 1.17. The highest BCUT2D eigenvalue weighted by Crippen LogP contribution is 2.35. The Hall–Kier alpha value is -2.86. The van der Waals surface area contributed by atoms with Crippen LogP contribution in [0.25, 0.3) is 0 Å². The van der Waals surface area contributed by atoms with Gasteiger partial charge in [0.05, 0.1) is 0 Å². The average Bonchev–Trinajstić information content (AvgIpc) is 3.02. The Kier molecular flexibility index (Phi) is 69.3. The molecule has 0 fully saturated rings. The van der Waals surface area contributed by atoms with Crippen molar-refractivity contribution in [3.63, 3.8) is 0 Å². The van der Waals surface area contributed by atoms with Crippen LogP contribution < -0.4 is 0 Å². The molecule has 0 saturated carbocycles. The highest BCUT2D eigenvalue weighted by atomic mass is 14.2. The van der Waals surface area contributed by atoms with Crippen LogP contribution in [0.5, 0.6) is 0 Å². The van der Waals surface area contributed by atoms with Crippen molar-refractivity contribution in [2.45, 2.75) is 110 Å². The minimum Gasteiger partial charge on any atom is -0.0990 e. The summed E-state index contributed by atoms with van der Waals surface area (Å²) in [5.41, 5.74) is 6.08. The van der Waals surface area contributed by atoms with E-state index in [0.717, 1.165) is 46.3 Å². The number of hydrogen-bond donors (Lipinski definition) is 0. The van der Waals surface area contributed by atoms with Crippen LogP contribution in [0.4, 0.5) is 0 Å². The maximum atomic E-state index is 4.03. The van der Waals surface area contributed by atoms with E-state index in [1.54, 1.807) is 12.2 Å². The van der Waals surface area contributed by atoms with Gasteiger partial charge in [0.25, 0.3) is 0 Å². The largest absolute Gasteiger partial charge is 0.0990 e. The molecule has 0 N–H and O–H groups in total. The molecular formula is C38H68. The quantitative estimate of drug-likeness (QED) is 0.223. The van der Waals surface area contributed by atoms with Crippen molar-refractivity contribution in [3.05, 3.63) is 134 Å². The van der Waals surface area contributed by atoms with E-state index in [1.165, 1.54) is 0 Å². The van der Waals surface area contributed by atoms with Crippen molar-refractivity contribution in [1.29, 1.82) is 0 Å². The summed E-state index contributed by atoms with van der Waals surface area (Å²) in [4.78, 5) is 0. The van der Waals surface area contributed by atoms with Crippen LogP contribution in [0.3, 0.4) is 0 Å². The second kappa shape index (κ2) is 50.9. The van der Waals surface area contributed by atoms with Crippen molar-refractivity contribution in [1.82, 2.24) is 0 Å². The predicted octanol–water partition coefficient (Wildman–Crippen LogP) is 14.1.